The number of fused-ring (bicyclic) bond motifs is 1. The van der Waals surface area contributed by atoms with E-state index in [1.807, 2.05) is 0 Å². The highest BCUT2D eigenvalue weighted by Crippen LogP contribution is 2.52. The van der Waals surface area contributed by atoms with Crippen LogP contribution in [0.3, 0.4) is 0 Å². The summed E-state index contributed by atoms with van der Waals surface area (Å²) in [7, 11) is 0. The van der Waals surface area contributed by atoms with Crippen molar-refractivity contribution in [2.24, 2.45) is 11.8 Å². The maximum Gasteiger partial charge on any atom is 0.310 e. The zero-order valence-electron chi connectivity index (χ0n) is 11.8. The van der Waals surface area contributed by atoms with Crippen LogP contribution in [0.5, 0.6) is 0 Å². The second-order valence-electron chi connectivity index (χ2n) is 5.94. The number of carbonyl (C=O) groups excluding carboxylic acids is 1. The summed E-state index contributed by atoms with van der Waals surface area (Å²) in [6.45, 7) is 0.161. The number of ether oxygens (including phenoxy) is 1. The Kier molecular flexibility index (Phi) is 2.65. The first-order valence-corrected chi connectivity index (χ1v) is 7.09. The van der Waals surface area contributed by atoms with E-state index in [1.54, 1.807) is 18.2 Å². The Bertz CT molecular complexity index is 775. The largest absolute Gasteiger partial charge is 0.481 e. The van der Waals surface area contributed by atoms with Crippen LogP contribution in [0.25, 0.3) is 0 Å². The van der Waals surface area contributed by atoms with Gasteiger partial charge in [0.25, 0.3) is 5.69 Å². The van der Waals surface area contributed by atoms with E-state index in [-0.39, 0.29) is 18.1 Å². The van der Waals surface area contributed by atoms with Gasteiger partial charge in [-0.05, 0) is 6.07 Å². The van der Waals surface area contributed by atoms with Crippen molar-refractivity contribution >= 4 is 23.3 Å². The number of nitro groups is 1. The molecule has 2 bridgehead atoms. The van der Waals surface area contributed by atoms with Crippen LogP contribution in [0, 0.1) is 22.0 Å². The molecule has 0 aromatic heterocycles. The first-order chi connectivity index (χ1) is 10.9. The number of non-ortho nitro benzene ring substituents is 1. The minimum atomic E-state index is -1.07. The van der Waals surface area contributed by atoms with Crippen molar-refractivity contribution in [3.05, 3.63) is 46.5 Å². The summed E-state index contributed by atoms with van der Waals surface area (Å²) in [5.41, 5.74) is -0.701. The number of nitro benzene ring substituents is 1. The molecule has 4 rings (SSSR count). The summed E-state index contributed by atoms with van der Waals surface area (Å²) in [5.74, 6) is -3.16. The molecule has 1 amide bonds. The average molecular weight is 316 g/mol. The van der Waals surface area contributed by atoms with Gasteiger partial charge in [0.05, 0.1) is 29.2 Å². The molecular weight excluding hydrogens is 304 g/mol. The second-order valence-corrected chi connectivity index (χ2v) is 5.94. The number of amides is 1. The van der Waals surface area contributed by atoms with E-state index in [1.165, 1.54) is 23.1 Å². The smallest absolute Gasteiger partial charge is 0.310 e. The lowest BCUT2D eigenvalue weighted by atomic mass is 9.77. The molecule has 0 unspecified atom stereocenters. The molecule has 3 aliphatic heterocycles. The number of carboxylic acids is 1. The molecule has 118 valence electrons. The molecule has 8 nitrogen and oxygen atoms in total. The third-order valence-electron chi connectivity index (χ3n) is 4.74. The van der Waals surface area contributed by atoms with Crippen LogP contribution in [0.15, 0.2) is 36.4 Å². The average Bonchev–Trinajstić information content (AvgIpc) is 3.15. The molecule has 23 heavy (non-hydrogen) atoms. The summed E-state index contributed by atoms with van der Waals surface area (Å²) >= 11 is 0. The topological polar surface area (TPSA) is 110 Å². The molecule has 3 heterocycles. The third kappa shape index (κ3) is 1.75. The predicted molar refractivity (Wildman–Crippen MR) is 76.8 cm³/mol. The van der Waals surface area contributed by atoms with E-state index in [0.29, 0.717) is 5.69 Å². The molecule has 1 N–H and O–H groups in total. The number of nitrogens with zero attached hydrogens (tertiary/aromatic N) is 2. The number of rotatable bonds is 3. The van der Waals surface area contributed by atoms with Crippen molar-refractivity contribution < 1.29 is 24.4 Å². The Labute approximate surface area is 130 Å². The molecule has 2 fully saturated rings. The summed E-state index contributed by atoms with van der Waals surface area (Å²) in [6.07, 6.45) is 2.84. The second kappa shape index (κ2) is 4.39. The van der Waals surface area contributed by atoms with Gasteiger partial charge < -0.3 is 14.7 Å². The maximum atomic E-state index is 12.7. The number of hydrogen-bond donors (Lipinski definition) is 1. The highest BCUT2D eigenvalue weighted by molar-refractivity contribution is 6.02. The molecule has 2 saturated heterocycles. The SMILES string of the molecule is O=C(O)[C@@H]1[C@H]2C(=O)N(c3cccc([N+](=O)[O-])c3)C[C@@]23C=C[C@H]1O3. The molecule has 0 radical (unpaired) electrons. The van der Waals surface area contributed by atoms with Crippen LogP contribution in [0.1, 0.15) is 0 Å². The lowest BCUT2D eigenvalue weighted by molar-refractivity contribution is -0.384. The van der Waals surface area contributed by atoms with Crippen LogP contribution >= 0.6 is 0 Å². The fourth-order valence-corrected chi connectivity index (χ4v) is 3.77. The van der Waals surface area contributed by atoms with E-state index in [4.69, 9.17) is 4.74 Å². The molecule has 0 aliphatic carbocycles. The minimum Gasteiger partial charge on any atom is -0.481 e. The first-order valence-electron chi connectivity index (χ1n) is 7.09. The lowest BCUT2D eigenvalue weighted by Crippen LogP contribution is -2.39. The summed E-state index contributed by atoms with van der Waals surface area (Å²) in [4.78, 5) is 36.0. The molecule has 8 heteroatoms. The Hall–Kier alpha value is -2.74. The van der Waals surface area contributed by atoms with Gasteiger partial charge in [0.1, 0.15) is 11.5 Å². The Balaban J connectivity index is 1.73. The number of hydrogen-bond acceptors (Lipinski definition) is 5. The number of anilines is 1. The molecular formula is C15H12N2O6. The van der Waals surface area contributed by atoms with Crippen LogP contribution in [0.4, 0.5) is 11.4 Å². The molecule has 1 aromatic carbocycles. The van der Waals surface area contributed by atoms with E-state index < -0.39 is 34.4 Å². The summed E-state index contributed by atoms with van der Waals surface area (Å²) in [6, 6.07) is 5.73. The molecule has 0 saturated carbocycles. The van der Waals surface area contributed by atoms with Gasteiger partial charge in [0.15, 0.2) is 0 Å². The van der Waals surface area contributed by atoms with Gasteiger partial charge in [0, 0.05) is 12.1 Å². The van der Waals surface area contributed by atoms with Crippen LogP contribution in [-0.4, -0.2) is 40.2 Å². The van der Waals surface area contributed by atoms with E-state index in [0.717, 1.165) is 0 Å². The Morgan fingerprint density at radius 1 is 1.48 bits per heavy atom. The quantitative estimate of drug-likeness (QED) is 0.505. The zero-order valence-corrected chi connectivity index (χ0v) is 11.8. The summed E-state index contributed by atoms with van der Waals surface area (Å²) in [5, 5.41) is 20.3. The zero-order chi connectivity index (χ0) is 16.4. The van der Waals surface area contributed by atoms with Crippen molar-refractivity contribution in [1.29, 1.82) is 0 Å². The maximum absolute atomic E-state index is 12.7. The number of carbonyl (C=O) groups is 2. The fraction of sp³-hybridized carbons (Fsp3) is 0.333. The predicted octanol–water partition coefficient (Wildman–Crippen LogP) is 0.966. The monoisotopic (exact) mass is 316 g/mol. The standard InChI is InChI=1S/C15H12N2O6/c18-13-12-11(14(19)20)10-4-5-15(12,23-10)7-16(13)8-2-1-3-9(6-8)17(21)22/h1-6,10-12H,7H2,(H,19,20)/t10-,11+,12+,15+/m1/s1. The lowest BCUT2D eigenvalue weighted by Gasteiger charge is -2.21. The van der Waals surface area contributed by atoms with Gasteiger partial charge in [-0.2, -0.15) is 0 Å². The van der Waals surface area contributed by atoms with E-state index >= 15 is 0 Å². The van der Waals surface area contributed by atoms with Gasteiger partial charge in [0.2, 0.25) is 5.91 Å². The number of carboxylic acid groups (broad SMARTS) is 1. The third-order valence-corrected chi connectivity index (χ3v) is 4.74. The van der Waals surface area contributed by atoms with E-state index in [9.17, 15) is 24.8 Å². The van der Waals surface area contributed by atoms with Crippen molar-refractivity contribution in [2.75, 3.05) is 11.4 Å². The highest BCUT2D eigenvalue weighted by Gasteiger charge is 2.67. The number of benzene rings is 1. The number of aliphatic carboxylic acids is 1. The minimum absolute atomic E-state index is 0.125. The Morgan fingerprint density at radius 2 is 2.26 bits per heavy atom. The van der Waals surface area contributed by atoms with Gasteiger partial charge >= 0.3 is 5.97 Å². The molecule has 1 aromatic rings. The van der Waals surface area contributed by atoms with Crippen LogP contribution in [0.2, 0.25) is 0 Å². The molecule has 3 aliphatic rings. The van der Waals surface area contributed by atoms with E-state index in [2.05, 4.69) is 0 Å². The van der Waals surface area contributed by atoms with Gasteiger partial charge in [-0.1, -0.05) is 18.2 Å². The first kappa shape index (κ1) is 13.9. The molecule has 4 atom stereocenters. The van der Waals surface area contributed by atoms with Crippen LogP contribution in [-0.2, 0) is 14.3 Å². The molecule has 1 spiro atoms. The normalized spacial score (nSPS) is 34.0. The fourth-order valence-electron chi connectivity index (χ4n) is 3.77. The highest BCUT2D eigenvalue weighted by atomic mass is 16.6. The van der Waals surface area contributed by atoms with Crippen molar-refractivity contribution in [3.8, 4) is 0 Å². The van der Waals surface area contributed by atoms with Gasteiger partial charge in [-0.15, -0.1) is 0 Å². The van der Waals surface area contributed by atoms with Gasteiger partial charge in [-0.25, -0.2) is 0 Å². The van der Waals surface area contributed by atoms with Crippen molar-refractivity contribution in [1.82, 2.24) is 0 Å². The van der Waals surface area contributed by atoms with Crippen LogP contribution < -0.4 is 4.90 Å². The van der Waals surface area contributed by atoms with Crippen molar-refractivity contribution in [3.63, 3.8) is 0 Å². The van der Waals surface area contributed by atoms with Gasteiger partial charge in [-0.3, -0.25) is 19.7 Å². The summed E-state index contributed by atoms with van der Waals surface area (Å²) < 4.78 is 5.77. The van der Waals surface area contributed by atoms with Crippen molar-refractivity contribution in [2.45, 2.75) is 11.7 Å². The Morgan fingerprint density at radius 3 is 2.96 bits per heavy atom.